The van der Waals surface area contributed by atoms with Gasteiger partial charge in [-0.3, -0.25) is 0 Å². The van der Waals surface area contributed by atoms with Crippen molar-refractivity contribution in [3.63, 3.8) is 0 Å². The van der Waals surface area contributed by atoms with Crippen LogP contribution in [0.3, 0.4) is 0 Å². The standard InChI is InChI=1S/C13H14N2O.C2H6/c1-2-13-9-8-12(14-15(13)16)10-11-6-4-3-5-7-11;1-2/h3-9H,2,10H2,1H3;1-2H3. The highest BCUT2D eigenvalue weighted by Gasteiger charge is 2.06. The third-order valence-corrected chi connectivity index (χ3v) is 2.52. The molecule has 0 saturated heterocycles. The Bertz CT molecular complexity index is 469. The predicted molar refractivity (Wildman–Crippen MR) is 73.2 cm³/mol. The molecule has 0 aliphatic rings. The first-order valence-corrected chi connectivity index (χ1v) is 6.42. The van der Waals surface area contributed by atoms with Crippen LogP contribution in [0.15, 0.2) is 42.5 Å². The summed E-state index contributed by atoms with van der Waals surface area (Å²) < 4.78 is 0. The van der Waals surface area contributed by atoms with Crippen LogP contribution in [0.4, 0.5) is 0 Å². The Balaban J connectivity index is 0.000000771. The number of benzene rings is 1. The first kappa shape index (κ1) is 14.2. The van der Waals surface area contributed by atoms with Gasteiger partial charge >= 0.3 is 0 Å². The van der Waals surface area contributed by atoms with E-state index in [0.29, 0.717) is 18.5 Å². The summed E-state index contributed by atoms with van der Waals surface area (Å²) in [6, 6.07) is 13.8. The Morgan fingerprint density at radius 3 is 2.28 bits per heavy atom. The zero-order valence-corrected chi connectivity index (χ0v) is 11.3. The van der Waals surface area contributed by atoms with E-state index in [2.05, 4.69) is 5.10 Å². The molecule has 0 radical (unpaired) electrons. The fourth-order valence-corrected chi connectivity index (χ4v) is 1.62. The lowest BCUT2D eigenvalue weighted by Crippen LogP contribution is -2.36. The number of hydrogen-bond acceptors (Lipinski definition) is 2. The van der Waals surface area contributed by atoms with Crippen LogP contribution in [-0.2, 0) is 12.8 Å². The van der Waals surface area contributed by atoms with E-state index >= 15 is 0 Å². The lowest BCUT2D eigenvalue weighted by Gasteiger charge is -2.02. The average Bonchev–Trinajstić information content (AvgIpc) is 2.42. The van der Waals surface area contributed by atoms with Crippen LogP contribution in [0.5, 0.6) is 0 Å². The fourth-order valence-electron chi connectivity index (χ4n) is 1.62. The van der Waals surface area contributed by atoms with Gasteiger partial charge in [0.25, 0.3) is 0 Å². The smallest absolute Gasteiger partial charge is 0.221 e. The van der Waals surface area contributed by atoms with Crippen LogP contribution in [-0.4, -0.2) is 5.10 Å². The van der Waals surface area contributed by atoms with E-state index in [-0.39, 0.29) is 0 Å². The number of aromatic nitrogens is 2. The minimum absolute atomic E-state index is 0.701. The van der Waals surface area contributed by atoms with Gasteiger partial charge in [-0.25, -0.2) is 0 Å². The fraction of sp³-hybridized carbons (Fsp3) is 0.333. The first-order valence-electron chi connectivity index (χ1n) is 6.42. The van der Waals surface area contributed by atoms with Gasteiger partial charge in [0, 0.05) is 24.0 Å². The van der Waals surface area contributed by atoms with Crippen molar-refractivity contribution < 1.29 is 4.85 Å². The zero-order chi connectivity index (χ0) is 13.4. The quantitative estimate of drug-likeness (QED) is 0.615. The maximum Gasteiger partial charge on any atom is 0.221 e. The second-order valence-corrected chi connectivity index (χ2v) is 3.70. The summed E-state index contributed by atoms with van der Waals surface area (Å²) in [7, 11) is 0. The van der Waals surface area contributed by atoms with Crippen LogP contribution < -0.4 is 4.85 Å². The largest absolute Gasteiger partial charge is 0.594 e. The van der Waals surface area contributed by atoms with Gasteiger partial charge in [0.2, 0.25) is 5.69 Å². The second kappa shape index (κ2) is 7.43. The van der Waals surface area contributed by atoms with Gasteiger partial charge < -0.3 is 5.21 Å². The SMILES string of the molecule is CC.CCc1ccc(Cc2ccccc2)n[n+]1[O-]. The van der Waals surface area contributed by atoms with Crippen molar-refractivity contribution in [2.75, 3.05) is 0 Å². The summed E-state index contributed by atoms with van der Waals surface area (Å²) in [5.41, 5.74) is 2.68. The molecule has 3 heteroatoms. The lowest BCUT2D eigenvalue weighted by atomic mass is 10.1. The Labute approximate surface area is 109 Å². The number of aryl methyl sites for hydroxylation is 1. The van der Waals surface area contributed by atoms with Gasteiger partial charge in [-0.2, -0.15) is 0 Å². The molecule has 0 unspecified atom stereocenters. The first-order chi connectivity index (χ1) is 8.79. The molecule has 96 valence electrons. The van der Waals surface area contributed by atoms with Crippen LogP contribution >= 0.6 is 0 Å². The zero-order valence-electron chi connectivity index (χ0n) is 11.3. The normalized spacial score (nSPS) is 9.50. The molecule has 18 heavy (non-hydrogen) atoms. The molecular formula is C15H20N2O. The van der Waals surface area contributed by atoms with Crippen LogP contribution in [0, 0.1) is 5.21 Å². The van der Waals surface area contributed by atoms with E-state index in [1.165, 1.54) is 5.56 Å². The van der Waals surface area contributed by atoms with E-state index in [1.807, 2.05) is 63.2 Å². The summed E-state index contributed by atoms with van der Waals surface area (Å²) in [6.45, 7) is 5.95. The van der Waals surface area contributed by atoms with Gasteiger partial charge in [-0.15, -0.1) is 0 Å². The minimum Gasteiger partial charge on any atom is -0.594 e. The topological polar surface area (TPSA) is 39.8 Å². The molecule has 0 amide bonds. The van der Waals surface area contributed by atoms with Gasteiger partial charge in [-0.05, 0) is 11.6 Å². The second-order valence-electron chi connectivity index (χ2n) is 3.70. The maximum absolute atomic E-state index is 11.5. The Kier molecular flexibility index (Phi) is 5.85. The van der Waals surface area contributed by atoms with Crippen molar-refractivity contribution >= 4 is 0 Å². The summed E-state index contributed by atoms with van der Waals surface area (Å²) in [4.78, 5) is 0.721. The van der Waals surface area contributed by atoms with E-state index in [9.17, 15) is 5.21 Å². The Hall–Kier alpha value is -1.90. The molecule has 2 aromatic rings. The number of nitrogens with zero attached hydrogens (tertiary/aromatic N) is 2. The molecule has 3 nitrogen and oxygen atoms in total. The van der Waals surface area contributed by atoms with Gasteiger partial charge in [0.15, 0.2) is 0 Å². The predicted octanol–water partition coefficient (Wildman–Crippen LogP) is 2.89. The number of hydrogen-bond donors (Lipinski definition) is 0. The van der Waals surface area contributed by atoms with Gasteiger partial charge in [0.1, 0.15) is 5.69 Å². The summed E-state index contributed by atoms with van der Waals surface area (Å²) >= 11 is 0. The molecule has 2 rings (SSSR count). The van der Waals surface area contributed by atoms with Crippen molar-refractivity contribution in [2.24, 2.45) is 0 Å². The van der Waals surface area contributed by atoms with Crippen molar-refractivity contribution in [3.8, 4) is 0 Å². The molecule has 0 atom stereocenters. The molecular weight excluding hydrogens is 224 g/mol. The molecule has 1 aromatic carbocycles. The molecule has 0 aliphatic heterocycles. The highest BCUT2D eigenvalue weighted by molar-refractivity contribution is 5.20. The molecule has 0 N–H and O–H groups in total. The van der Waals surface area contributed by atoms with Gasteiger partial charge in [0.05, 0.1) is 0 Å². The van der Waals surface area contributed by atoms with Crippen LogP contribution in [0.2, 0.25) is 0 Å². The van der Waals surface area contributed by atoms with Crippen molar-refractivity contribution in [1.29, 1.82) is 0 Å². The van der Waals surface area contributed by atoms with Crippen LogP contribution in [0.25, 0.3) is 0 Å². The molecule has 1 aromatic heterocycles. The average molecular weight is 244 g/mol. The monoisotopic (exact) mass is 244 g/mol. The maximum atomic E-state index is 11.5. The van der Waals surface area contributed by atoms with E-state index < -0.39 is 0 Å². The molecule has 0 fully saturated rings. The van der Waals surface area contributed by atoms with E-state index in [1.54, 1.807) is 0 Å². The van der Waals surface area contributed by atoms with Crippen molar-refractivity contribution in [2.45, 2.75) is 33.6 Å². The van der Waals surface area contributed by atoms with E-state index in [0.717, 1.165) is 10.5 Å². The molecule has 0 saturated carbocycles. The highest BCUT2D eigenvalue weighted by atomic mass is 16.5. The lowest BCUT2D eigenvalue weighted by molar-refractivity contribution is -0.677. The molecule has 0 bridgehead atoms. The van der Waals surface area contributed by atoms with Gasteiger partial charge in [-0.1, -0.05) is 55.9 Å². The minimum atomic E-state index is 0.701. The Morgan fingerprint density at radius 1 is 1.06 bits per heavy atom. The van der Waals surface area contributed by atoms with Crippen molar-refractivity contribution in [1.82, 2.24) is 5.10 Å². The summed E-state index contributed by atoms with van der Waals surface area (Å²) in [5, 5.41) is 15.5. The van der Waals surface area contributed by atoms with Crippen molar-refractivity contribution in [3.05, 3.63) is 64.6 Å². The number of rotatable bonds is 3. The Morgan fingerprint density at radius 2 is 1.72 bits per heavy atom. The third-order valence-electron chi connectivity index (χ3n) is 2.52. The summed E-state index contributed by atoms with van der Waals surface area (Å²) in [5.74, 6) is 0. The molecule has 0 spiro atoms. The molecule has 1 heterocycles. The summed E-state index contributed by atoms with van der Waals surface area (Å²) in [6.07, 6.45) is 1.41. The van der Waals surface area contributed by atoms with Crippen LogP contribution in [0.1, 0.15) is 37.7 Å². The third kappa shape index (κ3) is 3.84. The molecule has 0 aliphatic carbocycles. The van der Waals surface area contributed by atoms with E-state index in [4.69, 9.17) is 0 Å². The highest BCUT2D eigenvalue weighted by Crippen LogP contribution is 2.05.